The molecule has 0 unspecified atom stereocenters. The van der Waals surface area contributed by atoms with Gasteiger partial charge in [-0.15, -0.1) is 0 Å². The summed E-state index contributed by atoms with van der Waals surface area (Å²) in [6.45, 7) is 4.02. The van der Waals surface area contributed by atoms with Crippen LogP contribution >= 0.6 is 0 Å². The third kappa shape index (κ3) is 3.75. The molecule has 0 atom stereocenters. The third-order valence-electron chi connectivity index (χ3n) is 2.93. The van der Waals surface area contributed by atoms with Gasteiger partial charge in [0, 0.05) is 0 Å². The molecule has 0 saturated heterocycles. The van der Waals surface area contributed by atoms with Crippen LogP contribution in [0.2, 0.25) is 0 Å². The van der Waals surface area contributed by atoms with Crippen LogP contribution in [0, 0.1) is 0 Å². The number of carboxylic acids is 1. The molecule has 4 nitrogen and oxygen atoms in total. The van der Waals surface area contributed by atoms with Crippen molar-refractivity contribution >= 4 is 5.97 Å². The summed E-state index contributed by atoms with van der Waals surface area (Å²) in [5, 5.41) is 18.7. The van der Waals surface area contributed by atoms with E-state index in [1.807, 2.05) is 13.8 Å². The first-order valence-corrected chi connectivity index (χ1v) is 5.69. The summed E-state index contributed by atoms with van der Waals surface area (Å²) in [6.07, 6.45) is 1.24. The van der Waals surface area contributed by atoms with Gasteiger partial charge in [0.2, 0.25) is 0 Å². The minimum absolute atomic E-state index is 0.215. The lowest BCUT2D eigenvalue weighted by Gasteiger charge is -2.25. The number of ether oxygens (including phenoxy) is 1. The molecule has 0 amide bonds. The molecule has 0 bridgehead atoms. The minimum atomic E-state index is -0.963. The summed E-state index contributed by atoms with van der Waals surface area (Å²) in [7, 11) is 0. The molecule has 0 fully saturated rings. The van der Waals surface area contributed by atoms with E-state index in [0.717, 1.165) is 0 Å². The highest BCUT2D eigenvalue weighted by Gasteiger charge is 2.22. The Morgan fingerprint density at radius 2 is 1.76 bits per heavy atom. The summed E-state index contributed by atoms with van der Waals surface area (Å²) in [4.78, 5) is 10.6. The van der Waals surface area contributed by atoms with Gasteiger partial charge in [0.05, 0.1) is 11.2 Å². The van der Waals surface area contributed by atoms with Crippen molar-refractivity contribution in [1.29, 1.82) is 0 Å². The Morgan fingerprint density at radius 1 is 1.24 bits per heavy atom. The number of hydrogen-bond acceptors (Lipinski definition) is 3. The van der Waals surface area contributed by atoms with E-state index in [1.54, 1.807) is 12.1 Å². The van der Waals surface area contributed by atoms with Gasteiger partial charge in [-0.25, -0.2) is 4.79 Å². The molecule has 0 aliphatic carbocycles. The maximum Gasteiger partial charge on any atom is 0.335 e. The molecule has 1 aromatic rings. The molecule has 0 heterocycles. The molecule has 17 heavy (non-hydrogen) atoms. The normalized spacial score (nSPS) is 11.2. The van der Waals surface area contributed by atoms with Crippen LogP contribution < -0.4 is 4.74 Å². The Hall–Kier alpha value is -1.55. The Kier molecular flexibility index (Phi) is 4.52. The first-order chi connectivity index (χ1) is 8.00. The van der Waals surface area contributed by atoms with Gasteiger partial charge in [-0.3, -0.25) is 0 Å². The fourth-order valence-corrected chi connectivity index (χ4v) is 1.37. The maximum absolute atomic E-state index is 10.6. The zero-order chi connectivity index (χ0) is 12.9. The Morgan fingerprint density at radius 3 is 2.18 bits per heavy atom. The van der Waals surface area contributed by atoms with Gasteiger partial charge in [-0.2, -0.15) is 0 Å². The van der Waals surface area contributed by atoms with Crippen molar-refractivity contribution < 1.29 is 19.7 Å². The molecule has 2 N–H and O–H groups in total. The van der Waals surface area contributed by atoms with Crippen molar-refractivity contribution in [3.8, 4) is 5.75 Å². The Bertz CT molecular complexity index is 366. The van der Waals surface area contributed by atoms with Crippen LogP contribution in [0.1, 0.15) is 37.0 Å². The van der Waals surface area contributed by atoms with Gasteiger partial charge < -0.3 is 14.9 Å². The Balaban J connectivity index is 2.61. The van der Waals surface area contributed by atoms with Crippen molar-refractivity contribution in [2.45, 2.75) is 32.3 Å². The molecule has 94 valence electrons. The molecule has 0 aliphatic heterocycles. The maximum atomic E-state index is 10.6. The lowest BCUT2D eigenvalue weighted by molar-refractivity contribution is -0.0113. The molecular weight excluding hydrogens is 220 g/mol. The van der Waals surface area contributed by atoms with E-state index in [-0.39, 0.29) is 12.2 Å². The first kappa shape index (κ1) is 13.5. The van der Waals surface area contributed by atoms with Crippen molar-refractivity contribution in [2.24, 2.45) is 0 Å². The molecule has 1 aromatic carbocycles. The summed E-state index contributed by atoms with van der Waals surface area (Å²) >= 11 is 0. The number of aromatic carboxylic acids is 1. The van der Waals surface area contributed by atoms with E-state index in [9.17, 15) is 9.90 Å². The second-order valence-electron chi connectivity index (χ2n) is 4.05. The largest absolute Gasteiger partial charge is 0.491 e. The van der Waals surface area contributed by atoms with Gasteiger partial charge in [0.25, 0.3) is 0 Å². The third-order valence-corrected chi connectivity index (χ3v) is 2.93. The average molecular weight is 238 g/mol. The monoisotopic (exact) mass is 238 g/mol. The highest BCUT2D eigenvalue weighted by atomic mass is 16.5. The van der Waals surface area contributed by atoms with Crippen LogP contribution in [0.3, 0.4) is 0 Å². The zero-order valence-corrected chi connectivity index (χ0v) is 10.1. The molecule has 0 saturated carbocycles. The smallest absolute Gasteiger partial charge is 0.335 e. The molecule has 1 rings (SSSR count). The van der Waals surface area contributed by atoms with Crippen molar-refractivity contribution in [3.63, 3.8) is 0 Å². The fraction of sp³-hybridized carbons (Fsp3) is 0.462. The average Bonchev–Trinajstić information content (AvgIpc) is 2.36. The molecule has 0 aromatic heterocycles. The summed E-state index contributed by atoms with van der Waals surface area (Å²) in [6, 6.07) is 6.15. The second-order valence-corrected chi connectivity index (χ2v) is 4.05. The van der Waals surface area contributed by atoms with Crippen LogP contribution in [0.5, 0.6) is 5.75 Å². The summed E-state index contributed by atoms with van der Waals surface area (Å²) in [5.41, 5.74) is -0.593. The van der Waals surface area contributed by atoms with Gasteiger partial charge >= 0.3 is 5.97 Å². The molecule has 4 heteroatoms. The molecule has 0 radical (unpaired) electrons. The van der Waals surface area contributed by atoms with E-state index < -0.39 is 11.6 Å². The number of benzene rings is 1. The second kappa shape index (κ2) is 5.68. The van der Waals surface area contributed by atoms with Gasteiger partial charge in [-0.05, 0) is 37.1 Å². The number of carbonyl (C=O) groups is 1. The zero-order valence-electron chi connectivity index (χ0n) is 10.1. The lowest BCUT2D eigenvalue weighted by Crippen LogP contribution is -2.34. The predicted molar refractivity (Wildman–Crippen MR) is 64.4 cm³/mol. The predicted octanol–water partition coefficient (Wildman–Crippen LogP) is 2.31. The van der Waals surface area contributed by atoms with Gasteiger partial charge in [-0.1, -0.05) is 13.8 Å². The first-order valence-electron chi connectivity index (χ1n) is 5.69. The molecule has 0 aliphatic rings. The van der Waals surface area contributed by atoms with E-state index in [4.69, 9.17) is 9.84 Å². The Labute approximate surface area is 101 Å². The standard InChI is InChI=1S/C13H18O4/c1-3-13(16,4-2)9-17-11-7-5-10(6-8-11)12(14)15/h5-8,16H,3-4,9H2,1-2H3,(H,14,15). The van der Waals surface area contributed by atoms with E-state index in [0.29, 0.717) is 18.6 Å². The van der Waals surface area contributed by atoms with Crippen LogP contribution in [-0.4, -0.2) is 28.4 Å². The number of aliphatic hydroxyl groups is 1. The van der Waals surface area contributed by atoms with E-state index >= 15 is 0 Å². The van der Waals surface area contributed by atoms with Crippen molar-refractivity contribution in [3.05, 3.63) is 29.8 Å². The highest BCUT2D eigenvalue weighted by Crippen LogP contribution is 2.18. The number of carboxylic acid groups (broad SMARTS) is 1. The minimum Gasteiger partial charge on any atom is -0.491 e. The molecular formula is C13H18O4. The topological polar surface area (TPSA) is 66.8 Å². The van der Waals surface area contributed by atoms with E-state index in [2.05, 4.69) is 0 Å². The van der Waals surface area contributed by atoms with Crippen molar-refractivity contribution in [2.75, 3.05) is 6.61 Å². The van der Waals surface area contributed by atoms with Crippen LogP contribution in [0.25, 0.3) is 0 Å². The number of hydrogen-bond donors (Lipinski definition) is 2. The molecule has 0 spiro atoms. The summed E-state index contributed by atoms with van der Waals surface area (Å²) in [5.74, 6) is -0.398. The number of rotatable bonds is 6. The SMILES string of the molecule is CCC(O)(CC)COc1ccc(C(=O)O)cc1. The van der Waals surface area contributed by atoms with E-state index in [1.165, 1.54) is 12.1 Å². The van der Waals surface area contributed by atoms with Gasteiger partial charge in [0.15, 0.2) is 0 Å². The highest BCUT2D eigenvalue weighted by molar-refractivity contribution is 5.87. The summed E-state index contributed by atoms with van der Waals surface area (Å²) < 4.78 is 5.44. The van der Waals surface area contributed by atoms with Gasteiger partial charge in [0.1, 0.15) is 12.4 Å². The van der Waals surface area contributed by atoms with Crippen LogP contribution in [0.4, 0.5) is 0 Å². The lowest BCUT2D eigenvalue weighted by atomic mass is 9.99. The fourth-order valence-electron chi connectivity index (χ4n) is 1.37. The van der Waals surface area contributed by atoms with Crippen molar-refractivity contribution in [1.82, 2.24) is 0 Å². The van der Waals surface area contributed by atoms with Crippen LogP contribution in [0.15, 0.2) is 24.3 Å². The van der Waals surface area contributed by atoms with Crippen LogP contribution in [-0.2, 0) is 0 Å². The quantitative estimate of drug-likeness (QED) is 0.798.